The fraction of sp³-hybridized carbons (Fsp3) is 0.350. The average molecular weight is 469 g/mol. The lowest BCUT2D eigenvalue weighted by Gasteiger charge is -2.10. The molecule has 0 saturated heterocycles. The second-order valence-electron chi connectivity index (χ2n) is 5.73. The number of rotatable bonds is 10. The molecule has 0 amide bonds. The van der Waals surface area contributed by atoms with E-state index in [-0.39, 0.29) is 24.0 Å². The molecule has 0 atom stereocenters. The summed E-state index contributed by atoms with van der Waals surface area (Å²) in [6.07, 6.45) is 1.90. The number of nitrogens with zero attached hydrogens (tertiary/aromatic N) is 1. The number of anilines is 1. The number of methoxy groups -OCH3 is 1. The van der Waals surface area contributed by atoms with Gasteiger partial charge in [0.25, 0.3) is 0 Å². The van der Waals surface area contributed by atoms with Gasteiger partial charge in [0.2, 0.25) is 0 Å². The Labute approximate surface area is 173 Å². The van der Waals surface area contributed by atoms with E-state index in [4.69, 9.17) is 15.2 Å². The van der Waals surface area contributed by atoms with Crippen molar-refractivity contribution in [3.63, 3.8) is 0 Å². The van der Waals surface area contributed by atoms with Crippen molar-refractivity contribution in [2.75, 3.05) is 25.6 Å². The number of aliphatic imine (C=N–C) groups is 1. The third-order valence-corrected chi connectivity index (χ3v) is 3.67. The number of nitrogens with two attached hydrogens (primary N) is 1. The Balaban J connectivity index is 0.00000338. The van der Waals surface area contributed by atoms with Crippen LogP contribution in [0.1, 0.15) is 24.0 Å². The SMILES string of the molecule is COCc1ccccc1NC(N)=NCCCCOCc1ccccc1.I. The molecule has 6 heteroatoms. The molecule has 0 unspecified atom stereocenters. The van der Waals surface area contributed by atoms with Crippen molar-refractivity contribution < 1.29 is 9.47 Å². The van der Waals surface area contributed by atoms with Crippen LogP contribution in [0.4, 0.5) is 5.69 Å². The van der Waals surface area contributed by atoms with Crippen molar-refractivity contribution in [2.24, 2.45) is 10.7 Å². The molecular formula is C20H28IN3O2. The number of unbranched alkanes of at least 4 members (excludes halogenated alkanes) is 1. The van der Waals surface area contributed by atoms with E-state index in [0.29, 0.717) is 25.7 Å². The van der Waals surface area contributed by atoms with E-state index < -0.39 is 0 Å². The lowest BCUT2D eigenvalue weighted by atomic mass is 10.2. The minimum Gasteiger partial charge on any atom is -0.380 e. The summed E-state index contributed by atoms with van der Waals surface area (Å²) in [4.78, 5) is 4.36. The number of para-hydroxylation sites is 1. The lowest BCUT2D eigenvalue weighted by molar-refractivity contribution is 0.117. The molecular weight excluding hydrogens is 441 g/mol. The van der Waals surface area contributed by atoms with Crippen molar-refractivity contribution in [1.29, 1.82) is 0 Å². The van der Waals surface area contributed by atoms with Gasteiger partial charge in [0.1, 0.15) is 0 Å². The van der Waals surface area contributed by atoms with Gasteiger partial charge in [-0.05, 0) is 24.5 Å². The molecule has 3 N–H and O–H groups in total. The molecule has 0 radical (unpaired) electrons. The molecule has 0 heterocycles. The van der Waals surface area contributed by atoms with Gasteiger partial charge in [0.15, 0.2) is 5.96 Å². The molecule has 0 fully saturated rings. The second kappa shape index (κ2) is 13.5. The van der Waals surface area contributed by atoms with Gasteiger partial charge >= 0.3 is 0 Å². The predicted octanol–water partition coefficient (Wildman–Crippen LogP) is 4.17. The quantitative estimate of drug-likeness (QED) is 0.237. The maximum atomic E-state index is 5.95. The number of hydrogen-bond acceptors (Lipinski definition) is 3. The molecule has 2 aromatic carbocycles. The van der Waals surface area contributed by atoms with E-state index in [9.17, 15) is 0 Å². The normalized spacial score (nSPS) is 11.0. The van der Waals surface area contributed by atoms with Gasteiger partial charge in [0.05, 0.1) is 13.2 Å². The topological polar surface area (TPSA) is 68.9 Å². The monoisotopic (exact) mass is 469 g/mol. The number of nitrogens with one attached hydrogen (secondary N) is 1. The highest BCUT2D eigenvalue weighted by atomic mass is 127. The lowest BCUT2D eigenvalue weighted by Crippen LogP contribution is -2.23. The van der Waals surface area contributed by atoms with E-state index in [1.807, 2.05) is 42.5 Å². The van der Waals surface area contributed by atoms with E-state index in [1.54, 1.807) is 7.11 Å². The molecule has 0 aliphatic carbocycles. The first kappa shape index (κ1) is 22.4. The summed E-state index contributed by atoms with van der Waals surface area (Å²) in [7, 11) is 1.67. The van der Waals surface area contributed by atoms with E-state index >= 15 is 0 Å². The third kappa shape index (κ3) is 8.64. The zero-order valence-electron chi connectivity index (χ0n) is 15.2. The van der Waals surface area contributed by atoms with Crippen LogP contribution in [0.2, 0.25) is 0 Å². The summed E-state index contributed by atoms with van der Waals surface area (Å²) in [5.74, 6) is 0.425. The molecule has 0 bridgehead atoms. The highest BCUT2D eigenvalue weighted by Gasteiger charge is 2.02. The zero-order chi connectivity index (χ0) is 17.7. The minimum absolute atomic E-state index is 0. The van der Waals surface area contributed by atoms with Crippen LogP contribution < -0.4 is 11.1 Å². The summed E-state index contributed by atoms with van der Waals surface area (Å²) >= 11 is 0. The van der Waals surface area contributed by atoms with Crippen LogP contribution in [-0.4, -0.2) is 26.2 Å². The first-order valence-corrected chi connectivity index (χ1v) is 8.55. The van der Waals surface area contributed by atoms with E-state index in [1.165, 1.54) is 5.56 Å². The molecule has 26 heavy (non-hydrogen) atoms. The van der Waals surface area contributed by atoms with Crippen LogP contribution in [0.3, 0.4) is 0 Å². The van der Waals surface area contributed by atoms with Crippen molar-refractivity contribution in [2.45, 2.75) is 26.1 Å². The standard InChI is InChI=1S/C20H27N3O2.HI/c1-24-16-18-11-5-6-12-19(18)23-20(21)22-13-7-8-14-25-15-17-9-3-2-4-10-17;/h2-6,9-12H,7-8,13-16H2,1H3,(H3,21,22,23);1H. The smallest absolute Gasteiger partial charge is 0.193 e. The maximum absolute atomic E-state index is 5.95. The van der Waals surface area contributed by atoms with Crippen molar-refractivity contribution in [3.05, 3.63) is 65.7 Å². The average Bonchev–Trinajstić information content (AvgIpc) is 2.63. The molecule has 0 spiro atoms. The molecule has 0 aliphatic heterocycles. The fourth-order valence-electron chi connectivity index (χ4n) is 2.38. The molecule has 2 rings (SSSR count). The number of ether oxygens (including phenoxy) is 2. The van der Waals surface area contributed by atoms with Crippen molar-refractivity contribution in [1.82, 2.24) is 0 Å². The Hall–Kier alpha value is -1.64. The van der Waals surface area contributed by atoms with E-state index in [0.717, 1.165) is 30.7 Å². The molecule has 0 aromatic heterocycles. The number of guanidine groups is 1. The van der Waals surface area contributed by atoms with Crippen LogP contribution in [0, 0.1) is 0 Å². The Morgan fingerprint density at radius 1 is 1.00 bits per heavy atom. The maximum Gasteiger partial charge on any atom is 0.193 e. The highest BCUT2D eigenvalue weighted by Crippen LogP contribution is 2.15. The predicted molar refractivity (Wildman–Crippen MR) is 118 cm³/mol. The van der Waals surface area contributed by atoms with Crippen LogP contribution in [0.25, 0.3) is 0 Å². The third-order valence-electron chi connectivity index (χ3n) is 3.67. The molecule has 0 aliphatic rings. The zero-order valence-corrected chi connectivity index (χ0v) is 17.5. The minimum atomic E-state index is 0. The van der Waals surface area contributed by atoms with Gasteiger partial charge in [-0.3, -0.25) is 4.99 Å². The van der Waals surface area contributed by atoms with Crippen LogP contribution in [-0.2, 0) is 22.7 Å². The second-order valence-corrected chi connectivity index (χ2v) is 5.73. The fourth-order valence-corrected chi connectivity index (χ4v) is 2.38. The summed E-state index contributed by atoms with van der Waals surface area (Å²) in [6.45, 7) is 2.60. The van der Waals surface area contributed by atoms with Gasteiger partial charge < -0.3 is 20.5 Å². The number of benzene rings is 2. The first-order chi connectivity index (χ1) is 12.3. The van der Waals surface area contributed by atoms with Gasteiger partial charge in [-0.15, -0.1) is 24.0 Å². The summed E-state index contributed by atoms with van der Waals surface area (Å²) < 4.78 is 10.8. The van der Waals surface area contributed by atoms with Gasteiger partial charge in [0, 0.05) is 31.5 Å². The molecule has 0 saturated carbocycles. The summed E-state index contributed by atoms with van der Waals surface area (Å²) in [6, 6.07) is 18.1. The van der Waals surface area contributed by atoms with Gasteiger partial charge in [-0.2, -0.15) is 0 Å². The van der Waals surface area contributed by atoms with Crippen LogP contribution in [0.15, 0.2) is 59.6 Å². The molecule has 2 aromatic rings. The van der Waals surface area contributed by atoms with E-state index in [2.05, 4.69) is 22.4 Å². The molecule has 142 valence electrons. The highest BCUT2D eigenvalue weighted by molar-refractivity contribution is 14.0. The van der Waals surface area contributed by atoms with Crippen molar-refractivity contribution in [3.8, 4) is 0 Å². The Kier molecular flexibility index (Phi) is 11.7. The van der Waals surface area contributed by atoms with Crippen LogP contribution in [0.5, 0.6) is 0 Å². The van der Waals surface area contributed by atoms with Gasteiger partial charge in [-0.25, -0.2) is 0 Å². The number of halogens is 1. The van der Waals surface area contributed by atoms with Crippen molar-refractivity contribution >= 4 is 35.6 Å². The largest absolute Gasteiger partial charge is 0.380 e. The van der Waals surface area contributed by atoms with Gasteiger partial charge in [-0.1, -0.05) is 48.5 Å². The van der Waals surface area contributed by atoms with Crippen LogP contribution >= 0.6 is 24.0 Å². The molecule has 5 nitrogen and oxygen atoms in total. The first-order valence-electron chi connectivity index (χ1n) is 8.55. The Bertz CT molecular complexity index is 651. The number of hydrogen-bond donors (Lipinski definition) is 2. The summed E-state index contributed by atoms with van der Waals surface area (Å²) in [5.41, 5.74) is 9.13. The summed E-state index contributed by atoms with van der Waals surface area (Å²) in [5, 5.41) is 3.14. The Morgan fingerprint density at radius 2 is 1.73 bits per heavy atom. The Morgan fingerprint density at radius 3 is 2.50 bits per heavy atom.